The summed E-state index contributed by atoms with van der Waals surface area (Å²) in [6, 6.07) is 6.55. The molecule has 332 valence electrons. The highest BCUT2D eigenvalue weighted by atomic mass is 19.3. The standard InChI is InChI=1S/C44H52F2N12O5/c1-27-23-55(24-28(2)63-27)36-15-17-56-41(49-36)32(22-47-56)42(60)48-33-26-57(51-38(33)40(45)46)31-11-9-29(10-12-31)25-54-20-18-53(19-21-54)16-5-7-30-6-4-8-34-39(30)52(3)44(62)58(34)35-13-14-37(59)50-43(35)61/h4,6,8,15,17,22,26-29,31,35,40H,9-14,16,18-21,23-25H2,1-3H3,(H,48,60)(H,50,59,61)/t27?,28?,29-,31-,35?. The Hall–Kier alpha value is -5.97. The third-order valence-electron chi connectivity index (χ3n) is 12.9. The molecule has 7 heterocycles. The van der Waals surface area contributed by atoms with Gasteiger partial charge in [-0.05, 0) is 70.1 Å². The molecule has 3 unspecified atom stereocenters. The van der Waals surface area contributed by atoms with Gasteiger partial charge in [-0.25, -0.2) is 23.1 Å². The number of aromatic nitrogens is 7. The van der Waals surface area contributed by atoms with Crippen LogP contribution < -0.4 is 21.2 Å². The molecule has 4 aliphatic rings. The van der Waals surface area contributed by atoms with Crippen molar-refractivity contribution >= 4 is 45.9 Å². The number of hydrogen-bond donors (Lipinski definition) is 2. The molecule has 0 spiro atoms. The van der Waals surface area contributed by atoms with E-state index < -0.39 is 30.0 Å². The number of benzene rings is 1. The topological polar surface area (TPSA) is 169 Å². The number of hydrogen-bond acceptors (Lipinski definition) is 11. The van der Waals surface area contributed by atoms with E-state index in [1.807, 2.05) is 38.1 Å². The highest BCUT2D eigenvalue weighted by Crippen LogP contribution is 2.36. The number of ether oxygens (including phenoxy) is 1. The van der Waals surface area contributed by atoms with Gasteiger partial charge in [-0.1, -0.05) is 17.9 Å². The Bertz CT molecular complexity index is 2650. The molecule has 17 nitrogen and oxygen atoms in total. The van der Waals surface area contributed by atoms with E-state index in [1.54, 1.807) is 17.9 Å². The summed E-state index contributed by atoms with van der Waals surface area (Å²) in [6.45, 7) is 10.4. The van der Waals surface area contributed by atoms with Crippen molar-refractivity contribution < 1.29 is 27.9 Å². The SMILES string of the molecule is CC1CN(c2ccn3ncc(C(=O)Nc4cn([C@H]5CC[C@H](CN6CCN(CC#Cc7cccc8c7n(C)c(=O)n8C7CCC(=O)NC7=O)CC6)CC5)nc4C(F)F)c3n2)CC(C)O1. The Kier molecular flexibility index (Phi) is 11.9. The van der Waals surface area contributed by atoms with Crippen LogP contribution in [0.5, 0.6) is 0 Å². The first-order valence-corrected chi connectivity index (χ1v) is 21.8. The highest BCUT2D eigenvalue weighted by Gasteiger charge is 2.33. The molecule has 3 saturated heterocycles. The van der Waals surface area contributed by atoms with Gasteiger partial charge in [0, 0.05) is 71.7 Å². The van der Waals surface area contributed by atoms with Gasteiger partial charge >= 0.3 is 5.69 Å². The van der Waals surface area contributed by atoms with Gasteiger partial charge in [-0.2, -0.15) is 10.2 Å². The number of nitrogens with zero attached hydrogens (tertiary/aromatic N) is 10. The number of imidazole rings is 1. The van der Waals surface area contributed by atoms with E-state index in [2.05, 4.69) is 47.4 Å². The summed E-state index contributed by atoms with van der Waals surface area (Å²) in [7, 11) is 1.67. The summed E-state index contributed by atoms with van der Waals surface area (Å²) in [6.07, 6.45) is 5.77. The normalized spacial score (nSPS) is 23.9. The zero-order valence-electron chi connectivity index (χ0n) is 35.7. The van der Waals surface area contributed by atoms with Crippen LogP contribution in [-0.2, 0) is 21.4 Å². The number of para-hydroxylation sites is 1. The molecule has 1 aromatic carbocycles. The predicted octanol–water partition coefficient (Wildman–Crippen LogP) is 3.76. The molecule has 2 N–H and O–H groups in total. The minimum absolute atomic E-state index is 0.0162. The first-order chi connectivity index (χ1) is 30.4. The second-order valence-electron chi connectivity index (χ2n) is 17.3. The Balaban J connectivity index is 0.770. The third kappa shape index (κ3) is 8.71. The molecule has 4 fully saturated rings. The second kappa shape index (κ2) is 17.7. The van der Waals surface area contributed by atoms with E-state index in [9.17, 15) is 28.0 Å². The number of morpholine rings is 1. The lowest BCUT2D eigenvalue weighted by atomic mass is 9.85. The van der Waals surface area contributed by atoms with Gasteiger partial charge in [-0.15, -0.1) is 0 Å². The predicted molar refractivity (Wildman–Crippen MR) is 230 cm³/mol. The number of halogens is 2. The fourth-order valence-corrected chi connectivity index (χ4v) is 9.70. The molecule has 1 saturated carbocycles. The number of fused-ring (bicyclic) bond motifs is 2. The Labute approximate surface area is 362 Å². The van der Waals surface area contributed by atoms with E-state index in [4.69, 9.17) is 9.72 Å². The average Bonchev–Trinajstić information content (AvgIpc) is 3.96. The fourth-order valence-electron chi connectivity index (χ4n) is 9.70. The summed E-state index contributed by atoms with van der Waals surface area (Å²) in [5, 5.41) is 13.6. The molecule has 0 radical (unpaired) electrons. The lowest BCUT2D eigenvalue weighted by Crippen LogP contribution is -2.48. The van der Waals surface area contributed by atoms with Crippen molar-refractivity contribution in [3.05, 3.63) is 70.2 Å². The van der Waals surface area contributed by atoms with E-state index in [-0.39, 0.29) is 53.9 Å². The molecule has 63 heavy (non-hydrogen) atoms. The van der Waals surface area contributed by atoms with Gasteiger partial charge in [0.25, 0.3) is 12.3 Å². The van der Waals surface area contributed by atoms with Crippen molar-refractivity contribution in [3.63, 3.8) is 0 Å². The lowest BCUT2D eigenvalue weighted by Gasteiger charge is -2.37. The lowest BCUT2D eigenvalue weighted by molar-refractivity contribution is -0.135. The van der Waals surface area contributed by atoms with Crippen molar-refractivity contribution in [1.29, 1.82) is 0 Å². The second-order valence-corrected chi connectivity index (χ2v) is 17.3. The van der Waals surface area contributed by atoms with Crippen LogP contribution in [0.25, 0.3) is 16.7 Å². The number of piperazine rings is 1. The van der Waals surface area contributed by atoms with Crippen molar-refractivity contribution in [1.82, 2.24) is 48.6 Å². The van der Waals surface area contributed by atoms with Crippen LogP contribution in [-0.4, -0.2) is 126 Å². The maximum atomic E-state index is 14.3. The molecule has 9 rings (SSSR count). The van der Waals surface area contributed by atoms with Gasteiger partial charge in [0.15, 0.2) is 11.3 Å². The molecule has 3 amide bonds. The van der Waals surface area contributed by atoms with Crippen molar-refractivity contribution in [2.24, 2.45) is 13.0 Å². The number of piperidine rings is 1. The Morgan fingerprint density at radius 1 is 1.00 bits per heavy atom. The number of carbonyl (C=O) groups is 3. The van der Waals surface area contributed by atoms with E-state index >= 15 is 0 Å². The zero-order valence-corrected chi connectivity index (χ0v) is 35.7. The Morgan fingerprint density at radius 3 is 2.48 bits per heavy atom. The molecule has 0 bridgehead atoms. The monoisotopic (exact) mass is 866 g/mol. The average molecular weight is 867 g/mol. The molecule has 1 aliphatic carbocycles. The summed E-state index contributed by atoms with van der Waals surface area (Å²) in [5.41, 5.74) is 1.70. The number of aryl methyl sites for hydroxylation is 1. The Morgan fingerprint density at radius 2 is 1.75 bits per heavy atom. The van der Waals surface area contributed by atoms with Crippen molar-refractivity contribution in [2.75, 3.05) is 62.6 Å². The van der Waals surface area contributed by atoms with Crippen LogP contribution in [0.2, 0.25) is 0 Å². The molecular weight excluding hydrogens is 815 g/mol. The van der Waals surface area contributed by atoms with Crippen LogP contribution >= 0.6 is 0 Å². The van der Waals surface area contributed by atoms with Gasteiger partial charge in [0.1, 0.15) is 17.4 Å². The van der Waals surface area contributed by atoms with Gasteiger partial charge < -0.3 is 19.9 Å². The number of carbonyl (C=O) groups excluding carboxylic acids is 3. The summed E-state index contributed by atoms with van der Waals surface area (Å²) >= 11 is 0. The quantitative estimate of drug-likeness (QED) is 0.164. The largest absolute Gasteiger partial charge is 0.372 e. The number of rotatable bonds is 9. The van der Waals surface area contributed by atoms with Crippen LogP contribution in [0, 0.1) is 17.8 Å². The number of anilines is 2. The maximum absolute atomic E-state index is 14.3. The van der Waals surface area contributed by atoms with Crippen molar-refractivity contribution in [2.45, 2.75) is 83.1 Å². The summed E-state index contributed by atoms with van der Waals surface area (Å²) < 4.78 is 40.6. The molecule has 5 aromatic rings. The van der Waals surface area contributed by atoms with Crippen LogP contribution in [0.4, 0.5) is 20.3 Å². The van der Waals surface area contributed by atoms with E-state index in [0.29, 0.717) is 53.6 Å². The maximum Gasteiger partial charge on any atom is 0.329 e. The molecule has 4 aromatic heterocycles. The number of alkyl halides is 2. The minimum atomic E-state index is -2.87. The molecule has 19 heteroatoms. The van der Waals surface area contributed by atoms with Crippen LogP contribution in [0.15, 0.2) is 47.7 Å². The molecule has 3 aliphatic heterocycles. The van der Waals surface area contributed by atoms with Crippen LogP contribution in [0.1, 0.15) is 92.5 Å². The number of amides is 3. The fraction of sp³-hybridized carbons (Fsp3) is 0.523. The van der Waals surface area contributed by atoms with Gasteiger partial charge in [-0.3, -0.25) is 38.4 Å². The zero-order chi connectivity index (χ0) is 43.9. The number of imide groups is 1. The van der Waals surface area contributed by atoms with Gasteiger partial charge in [0.05, 0.1) is 53.3 Å². The summed E-state index contributed by atoms with van der Waals surface area (Å²) in [4.78, 5) is 62.8. The summed E-state index contributed by atoms with van der Waals surface area (Å²) in [5.74, 6) is 6.35. The van der Waals surface area contributed by atoms with Crippen molar-refractivity contribution in [3.8, 4) is 11.8 Å². The van der Waals surface area contributed by atoms with Gasteiger partial charge in [0.2, 0.25) is 11.8 Å². The molecular formula is C44H52F2N12O5. The smallest absolute Gasteiger partial charge is 0.329 e. The number of nitrogens with one attached hydrogen (secondary N) is 2. The van der Waals surface area contributed by atoms with Crippen LogP contribution in [0.3, 0.4) is 0 Å². The minimum Gasteiger partial charge on any atom is -0.372 e. The van der Waals surface area contributed by atoms with E-state index in [1.165, 1.54) is 26.0 Å². The first kappa shape index (κ1) is 42.3. The highest BCUT2D eigenvalue weighted by molar-refractivity contribution is 6.08. The third-order valence-corrected chi connectivity index (χ3v) is 12.9. The van der Waals surface area contributed by atoms with E-state index in [0.717, 1.165) is 58.4 Å². The molecule has 3 atom stereocenters. The first-order valence-electron chi connectivity index (χ1n) is 21.8.